The van der Waals surface area contributed by atoms with Gasteiger partial charge in [0, 0.05) is 19.2 Å². The predicted molar refractivity (Wildman–Crippen MR) is 80.2 cm³/mol. The van der Waals surface area contributed by atoms with Crippen molar-refractivity contribution in [2.24, 2.45) is 0 Å². The minimum atomic E-state index is -0.0923. The Morgan fingerprint density at radius 2 is 2.43 bits per heavy atom. The maximum atomic E-state index is 12.8. The smallest absolute Gasteiger partial charge is 0.276 e. The first-order valence-corrected chi connectivity index (χ1v) is 8.08. The van der Waals surface area contributed by atoms with Crippen LogP contribution in [0.5, 0.6) is 0 Å². The molecule has 0 saturated carbocycles. The monoisotopic (exact) mass is 306 g/mol. The molecular formula is C15H18N2O3S. The van der Waals surface area contributed by atoms with E-state index in [1.165, 1.54) is 17.7 Å². The molecule has 3 rings (SSSR count). The molecule has 1 amide bonds. The normalized spacial score (nSPS) is 18.9. The number of thiophene rings is 1. The number of amides is 1. The lowest BCUT2D eigenvalue weighted by Crippen LogP contribution is -2.44. The molecular weight excluding hydrogens is 288 g/mol. The zero-order chi connectivity index (χ0) is 14.7. The van der Waals surface area contributed by atoms with E-state index in [1.54, 1.807) is 0 Å². The minimum Gasteiger partial charge on any atom is -0.442 e. The number of hydrogen-bond acceptors (Lipinski definition) is 5. The summed E-state index contributed by atoms with van der Waals surface area (Å²) in [7, 11) is 0. The van der Waals surface area contributed by atoms with Gasteiger partial charge in [0.2, 0.25) is 0 Å². The van der Waals surface area contributed by atoms with Gasteiger partial charge >= 0.3 is 0 Å². The lowest BCUT2D eigenvalue weighted by atomic mass is 9.99. The number of rotatable bonds is 4. The summed E-state index contributed by atoms with van der Waals surface area (Å²) in [4.78, 5) is 19.7. The van der Waals surface area contributed by atoms with Crippen molar-refractivity contribution in [1.82, 2.24) is 9.88 Å². The number of likely N-dealkylation sites (tertiary alicyclic amines) is 1. The number of hydrogen-bond donors (Lipinski definition) is 1. The molecule has 112 valence electrons. The summed E-state index contributed by atoms with van der Waals surface area (Å²) in [5.41, 5.74) is 0.377. The van der Waals surface area contributed by atoms with Gasteiger partial charge in [-0.15, -0.1) is 11.3 Å². The average Bonchev–Trinajstić information content (AvgIpc) is 3.18. The summed E-state index contributed by atoms with van der Waals surface area (Å²) >= 11 is 1.53. The van der Waals surface area contributed by atoms with Crippen LogP contribution in [0.15, 0.2) is 28.3 Å². The van der Waals surface area contributed by atoms with Crippen LogP contribution in [0.2, 0.25) is 0 Å². The highest BCUT2D eigenvalue weighted by molar-refractivity contribution is 7.13. The van der Waals surface area contributed by atoms with Gasteiger partial charge in [-0.05, 0) is 37.1 Å². The van der Waals surface area contributed by atoms with Crippen molar-refractivity contribution in [2.45, 2.75) is 31.7 Å². The number of carbonyl (C=O) groups is 1. The predicted octanol–water partition coefficient (Wildman–Crippen LogP) is 2.78. The van der Waals surface area contributed by atoms with Gasteiger partial charge in [0.25, 0.3) is 5.91 Å². The molecule has 0 spiro atoms. The molecule has 1 aliphatic heterocycles. The summed E-state index contributed by atoms with van der Waals surface area (Å²) in [5, 5.41) is 11.1. The largest absolute Gasteiger partial charge is 0.442 e. The molecule has 1 N–H and O–H groups in total. The molecule has 0 radical (unpaired) electrons. The fourth-order valence-electron chi connectivity index (χ4n) is 2.83. The molecule has 6 heteroatoms. The third-order valence-corrected chi connectivity index (χ3v) is 4.73. The van der Waals surface area contributed by atoms with Gasteiger partial charge < -0.3 is 14.4 Å². The topological polar surface area (TPSA) is 66.6 Å². The highest BCUT2D eigenvalue weighted by Gasteiger charge is 2.30. The van der Waals surface area contributed by atoms with Crippen molar-refractivity contribution < 1.29 is 14.3 Å². The number of carbonyl (C=O) groups excluding carboxylic acids is 1. The molecule has 0 aromatic carbocycles. The van der Waals surface area contributed by atoms with Crippen molar-refractivity contribution in [3.8, 4) is 10.6 Å². The van der Waals surface area contributed by atoms with E-state index in [4.69, 9.17) is 4.42 Å². The van der Waals surface area contributed by atoms with Gasteiger partial charge in [-0.25, -0.2) is 4.98 Å². The Morgan fingerprint density at radius 1 is 1.52 bits per heavy atom. The van der Waals surface area contributed by atoms with Crippen molar-refractivity contribution in [3.05, 3.63) is 29.6 Å². The van der Waals surface area contributed by atoms with Crippen LogP contribution in [0.1, 0.15) is 36.2 Å². The van der Waals surface area contributed by atoms with Crippen LogP contribution >= 0.6 is 11.3 Å². The third-order valence-electron chi connectivity index (χ3n) is 3.87. The second-order valence-corrected chi connectivity index (χ2v) is 6.12. The minimum absolute atomic E-state index is 0.0923. The fraction of sp³-hybridized carbons (Fsp3) is 0.467. The van der Waals surface area contributed by atoms with Gasteiger partial charge in [-0.1, -0.05) is 6.07 Å². The number of aliphatic hydroxyl groups excluding tert-OH is 1. The average molecular weight is 306 g/mol. The maximum absolute atomic E-state index is 12.8. The van der Waals surface area contributed by atoms with E-state index in [1.807, 2.05) is 22.4 Å². The Labute approximate surface area is 127 Å². The van der Waals surface area contributed by atoms with Crippen molar-refractivity contribution >= 4 is 17.2 Å². The van der Waals surface area contributed by atoms with Crippen molar-refractivity contribution in [1.29, 1.82) is 0 Å². The molecule has 1 fully saturated rings. The second kappa shape index (κ2) is 6.41. The van der Waals surface area contributed by atoms with Crippen LogP contribution in [0.4, 0.5) is 0 Å². The molecule has 3 heterocycles. The molecule has 1 saturated heterocycles. The first-order chi connectivity index (χ1) is 10.3. The number of nitrogens with zero attached hydrogens (tertiary/aromatic N) is 2. The Hall–Kier alpha value is -1.66. The van der Waals surface area contributed by atoms with E-state index < -0.39 is 0 Å². The summed E-state index contributed by atoms with van der Waals surface area (Å²) in [5.74, 6) is 0.452. The van der Waals surface area contributed by atoms with Crippen LogP contribution < -0.4 is 0 Å². The molecule has 0 bridgehead atoms. The molecule has 1 atom stereocenters. The zero-order valence-electron chi connectivity index (χ0n) is 11.7. The lowest BCUT2D eigenvalue weighted by molar-refractivity contribution is 0.0569. The standard InChI is InChI=1S/C15H18N2O3S/c18-8-6-11-4-1-2-7-17(11)15(19)13-14(20-10-16-13)12-5-3-9-21-12/h3,5,9-11,18H,1-2,4,6-8H2. The van der Waals surface area contributed by atoms with Crippen molar-refractivity contribution in [2.75, 3.05) is 13.2 Å². The SMILES string of the molecule is O=C(c1ncoc1-c1cccs1)N1CCCCC1CCO. The van der Waals surface area contributed by atoms with E-state index in [0.29, 0.717) is 17.9 Å². The van der Waals surface area contributed by atoms with Crippen molar-refractivity contribution in [3.63, 3.8) is 0 Å². The van der Waals surface area contributed by atoms with Crippen LogP contribution in [0.25, 0.3) is 10.6 Å². The second-order valence-electron chi connectivity index (χ2n) is 5.17. The molecule has 1 unspecified atom stereocenters. The van der Waals surface area contributed by atoms with Gasteiger partial charge in [-0.2, -0.15) is 0 Å². The summed E-state index contributed by atoms with van der Waals surface area (Å²) in [6.07, 6.45) is 4.99. The Morgan fingerprint density at radius 3 is 3.19 bits per heavy atom. The van der Waals surface area contributed by atoms with Gasteiger partial charge in [0.15, 0.2) is 17.8 Å². The summed E-state index contributed by atoms with van der Waals surface area (Å²) in [6, 6.07) is 3.94. The highest BCUT2D eigenvalue weighted by atomic mass is 32.1. The van der Waals surface area contributed by atoms with Crippen LogP contribution in [-0.4, -0.2) is 40.1 Å². The van der Waals surface area contributed by atoms with Crippen LogP contribution in [-0.2, 0) is 0 Å². The number of aromatic nitrogens is 1. The van der Waals surface area contributed by atoms with Crippen LogP contribution in [0, 0.1) is 0 Å². The molecule has 2 aromatic rings. The quantitative estimate of drug-likeness (QED) is 0.943. The number of oxazole rings is 1. The molecule has 21 heavy (non-hydrogen) atoms. The first kappa shape index (κ1) is 14.3. The summed E-state index contributed by atoms with van der Waals surface area (Å²) < 4.78 is 5.42. The Bertz CT molecular complexity index is 592. The fourth-order valence-corrected chi connectivity index (χ4v) is 3.55. The molecule has 0 aliphatic carbocycles. The van der Waals surface area contributed by atoms with E-state index in [0.717, 1.165) is 30.7 Å². The van der Waals surface area contributed by atoms with E-state index in [9.17, 15) is 9.90 Å². The number of aliphatic hydroxyl groups is 1. The number of piperidine rings is 1. The molecule has 1 aliphatic rings. The van der Waals surface area contributed by atoms with Gasteiger partial charge in [-0.3, -0.25) is 4.79 Å². The van der Waals surface area contributed by atoms with E-state index in [-0.39, 0.29) is 18.6 Å². The highest BCUT2D eigenvalue weighted by Crippen LogP contribution is 2.30. The van der Waals surface area contributed by atoms with Gasteiger partial charge in [0.05, 0.1) is 4.88 Å². The Balaban J connectivity index is 1.86. The first-order valence-electron chi connectivity index (χ1n) is 7.20. The Kier molecular flexibility index (Phi) is 4.36. The lowest BCUT2D eigenvalue weighted by Gasteiger charge is -2.35. The third kappa shape index (κ3) is 2.87. The molecule has 5 nitrogen and oxygen atoms in total. The maximum Gasteiger partial charge on any atom is 0.276 e. The van der Waals surface area contributed by atoms with Gasteiger partial charge in [0.1, 0.15) is 0 Å². The van der Waals surface area contributed by atoms with E-state index >= 15 is 0 Å². The molecule has 2 aromatic heterocycles. The van der Waals surface area contributed by atoms with Crippen LogP contribution in [0.3, 0.4) is 0 Å². The van der Waals surface area contributed by atoms with E-state index in [2.05, 4.69) is 4.98 Å². The zero-order valence-corrected chi connectivity index (χ0v) is 12.5. The summed E-state index contributed by atoms with van der Waals surface area (Å²) in [6.45, 7) is 0.825.